The molecule has 0 bridgehead atoms. The number of hydrogen-bond acceptors (Lipinski definition) is 3. The Morgan fingerprint density at radius 1 is 1.35 bits per heavy atom. The third-order valence-electron chi connectivity index (χ3n) is 2.53. The van der Waals surface area contributed by atoms with Gasteiger partial charge < -0.3 is 15.4 Å². The summed E-state index contributed by atoms with van der Waals surface area (Å²) in [5.41, 5.74) is 6.32. The zero-order valence-electron chi connectivity index (χ0n) is 11.3. The monoisotopic (exact) mass is 290 g/mol. The van der Waals surface area contributed by atoms with Gasteiger partial charge in [-0.05, 0) is 24.6 Å². The number of rotatable bonds is 5. The third-order valence-corrected chi connectivity index (χ3v) is 2.53. The second-order valence-corrected chi connectivity index (χ2v) is 4.52. The molecule has 7 heteroatoms. The summed E-state index contributed by atoms with van der Waals surface area (Å²) in [6.07, 6.45) is -5.27. The Balaban J connectivity index is 2.65. The lowest BCUT2D eigenvalue weighted by atomic mass is 10.1. The van der Waals surface area contributed by atoms with Crippen molar-refractivity contribution in [2.24, 2.45) is 0 Å². The molecule has 1 aromatic carbocycles. The van der Waals surface area contributed by atoms with E-state index in [1.807, 2.05) is 0 Å². The van der Waals surface area contributed by atoms with Gasteiger partial charge in [0.05, 0.1) is 12.3 Å². The Kier molecular flexibility index (Phi) is 5.24. The molecule has 0 radical (unpaired) electrons. The number of amides is 1. The van der Waals surface area contributed by atoms with Crippen molar-refractivity contribution < 1.29 is 22.7 Å². The Morgan fingerprint density at radius 2 is 2.00 bits per heavy atom. The quantitative estimate of drug-likeness (QED) is 0.670. The van der Waals surface area contributed by atoms with E-state index < -0.39 is 12.6 Å². The van der Waals surface area contributed by atoms with Crippen LogP contribution in [0.3, 0.4) is 0 Å². The highest BCUT2D eigenvalue weighted by atomic mass is 19.4. The molecule has 0 aliphatic rings. The first kappa shape index (κ1) is 16.1. The van der Waals surface area contributed by atoms with Gasteiger partial charge in [0, 0.05) is 26.1 Å². The summed E-state index contributed by atoms with van der Waals surface area (Å²) in [6, 6.07) is 4.47. The Bertz CT molecular complexity index is 473. The van der Waals surface area contributed by atoms with E-state index in [-0.39, 0.29) is 30.4 Å². The first-order valence-corrected chi connectivity index (χ1v) is 6.01. The minimum absolute atomic E-state index is 0.108. The summed E-state index contributed by atoms with van der Waals surface area (Å²) in [5.74, 6) is -0.00924. The lowest BCUT2D eigenvalue weighted by Crippen LogP contribution is -2.21. The molecule has 4 nitrogen and oxygen atoms in total. The molecule has 1 aromatic rings. The summed E-state index contributed by atoms with van der Waals surface area (Å²) >= 11 is 0. The fourth-order valence-corrected chi connectivity index (χ4v) is 1.51. The number of nitrogens with zero attached hydrogens (tertiary/aromatic N) is 1. The van der Waals surface area contributed by atoms with Gasteiger partial charge in [-0.1, -0.05) is 0 Å². The van der Waals surface area contributed by atoms with Crippen molar-refractivity contribution in [1.29, 1.82) is 0 Å². The van der Waals surface area contributed by atoms with Crippen molar-refractivity contribution in [3.63, 3.8) is 0 Å². The molecular weight excluding hydrogens is 273 g/mol. The van der Waals surface area contributed by atoms with Crippen LogP contribution in [0.15, 0.2) is 18.2 Å². The van der Waals surface area contributed by atoms with Gasteiger partial charge in [-0.3, -0.25) is 4.79 Å². The van der Waals surface area contributed by atoms with Crippen LogP contribution in [0, 0.1) is 0 Å². The average molecular weight is 290 g/mol. The molecule has 0 unspecified atom stereocenters. The first-order chi connectivity index (χ1) is 9.20. The van der Waals surface area contributed by atoms with Crippen LogP contribution in [0.4, 0.5) is 18.9 Å². The van der Waals surface area contributed by atoms with E-state index in [0.717, 1.165) is 0 Å². The van der Waals surface area contributed by atoms with E-state index in [4.69, 9.17) is 10.5 Å². The van der Waals surface area contributed by atoms with Gasteiger partial charge in [0.2, 0.25) is 0 Å². The number of alkyl halides is 3. The summed E-state index contributed by atoms with van der Waals surface area (Å²) in [5, 5.41) is 0. The molecule has 112 valence electrons. The van der Waals surface area contributed by atoms with Crippen molar-refractivity contribution in [3.8, 4) is 5.75 Å². The molecule has 20 heavy (non-hydrogen) atoms. The van der Waals surface area contributed by atoms with Gasteiger partial charge in [-0.25, -0.2) is 0 Å². The summed E-state index contributed by atoms with van der Waals surface area (Å²) in [7, 11) is 3.20. The molecule has 0 saturated carbocycles. The molecule has 0 heterocycles. The van der Waals surface area contributed by atoms with Gasteiger partial charge in [-0.15, -0.1) is 0 Å². The minimum atomic E-state index is -4.20. The van der Waals surface area contributed by atoms with Crippen LogP contribution < -0.4 is 10.5 Å². The maximum atomic E-state index is 12.0. The Labute approximate surface area is 115 Å². The van der Waals surface area contributed by atoms with Gasteiger partial charge in [0.1, 0.15) is 5.75 Å². The van der Waals surface area contributed by atoms with Crippen molar-refractivity contribution in [2.75, 3.05) is 26.4 Å². The summed E-state index contributed by atoms with van der Waals surface area (Å²) in [4.78, 5) is 13.1. The molecule has 0 fully saturated rings. The zero-order chi connectivity index (χ0) is 15.3. The molecule has 1 amide bonds. The summed E-state index contributed by atoms with van der Waals surface area (Å²) < 4.78 is 41.2. The number of anilines is 1. The van der Waals surface area contributed by atoms with E-state index in [0.29, 0.717) is 5.56 Å². The van der Waals surface area contributed by atoms with Crippen LogP contribution in [0.1, 0.15) is 23.2 Å². The molecule has 0 saturated heterocycles. The highest BCUT2D eigenvalue weighted by molar-refractivity contribution is 5.94. The van der Waals surface area contributed by atoms with Crippen molar-refractivity contribution >= 4 is 11.6 Å². The van der Waals surface area contributed by atoms with E-state index in [1.54, 1.807) is 20.2 Å². The number of nitrogen functional groups attached to an aromatic ring is 1. The minimum Gasteiger partial charge on any atom is -0.491 e. The van der Waals surface area contributed by atoms with Crippen LogP contribution in [0.2, 0.25) is 0 Å². The standard InChI is InChI=1S/C13H17F3N2O2/c1-18(2)12(19)9-4-5-10(17)11(8-9)20-7-3-6-13(14,15)16/h4-5,8H,3,6-7,17H2,1-2H3. The SMILES string of the molecule is CN(C)C(=O)c1ccc(N)c(OCCCC(F)(F)F)c1. The highest BCUT2D eigenvalue weighted by Gasteiger charge is 2.26. The molecule has 1 rings (SSSR count). The first-order valence-electron chi connectivity index (χ1n) is 6.01. The number of nitrogens with two attached hydrogens (primary N) is 1. The molecule has 2 N–H and O–H groups in total. The molecule has 0 aliphatic carbocycles. The molecular formula is C13H17F3N2O2. The highest BCUT2D eigenvalue weighted by Crippen LogP contribution is 2.25. The molecule has 0 atom stereocenters. The number of benzene rings is 1. The van der Waals surface area contributed by atoms with Crippen LogP contribution >= 0.6 is 0 Å². The zero-order valence-corrected chi connectivity index (χ0v) is 11.3. The Hall–Kier alpha value is -1.92. The van der Waals surface area contributed by atoms with Crippen LogP contribution in [-0.4, -0.2) is 37.7 Å². The van der Waals surface area contributed by atoms with Gasteiger partial charge in [0.25, 0.3) is 5.91 Å². The fraction of sp³-hybridized carbons (Fsp3) is 0.462. The average Bonchev–Trinajstić information content (AvgIpc) is 2.34. The number of halogens is 3. The predicted octanol–water partition coefficient (Wildman–Crippen LogP) is 2.69. The fourth-order valence-electron chi connectivity index (χ4n) is 1.51. The van der Waals surface area contributed by atoms with Crippen molar-refractivity contribution in [2.45, 2.75) is 19.0 Å². The number of carbonyl (C=O) groups excluding carboxylic acids is 1. The second kappa shape index (κ2) is 6.49. The maximum Gasteiger partial charge on any atom is 0.389 e. The van der Waals surface area contributed by atoms with E-state index in [2.05, 4.69) is 0 Å². The van der Waals surface area contributed by atoms with Crippen LogP contribution in [0.25, 0.3) is 0 Å². The molecule has 0 spiro atoms. The van der Waals surface area contributed by atoms with Crippen molar-refractivity contribution in [3.05, 3.63) is 23.8 Å². The lowest BCUT2D eigenvalue weighted by Gasteiger charge is -2.13. The lowest BCUT2D eigenvalue weighted by molar-refractivity contribution is -0.136. The normalized spacial score (nSPS) is 11.2. The number of hydrogen-bond donors (Lipinski definition) is 1. The largest absolute Gasteiger partial charge is 0.491 e. The topological polar surface area (TPSA) is 55.6 Å². The number of carbonyl (C=O) groups is 1. The van der Waals surface area contributed by atoms with E-state index in [9.17, 15) is 18.0 Å². The molecule has 0 aliphatic heterocycles. The van der Waals surface area contributed by atoms with E-state index >= 15 is 0 Å². The number of ether oxygens (including phenoxy) is 1. The van der Waals surface area contributed by atoms with Gasteiger partial charge >= 0.3 is 6.18 Å². The predicted molar refractivity (Wildman–Crippen MR) is 69.7 cm³/mol. The summed E-state index contributed by atoms with van der Waals surface area (Å²) in [6.45, 7) is -0.108. The molecule has 0 aromatic heterocycles. The van der Waals surface area contributed by atoms with E-state index in [1.165, 1.54) is 17.0 Å². The smallest absolute Gasteiger partial charge is 0.389 e. The van der Waals surface area contributed by atoms with Gasteiger partial charge in [0.15, 0.2) is 0 Å². The maximum absolute atomic E-state index is 12.0. The second-order valence-electron chi connectivity index (χ2n) is 4.52. The van der Waals surface area contributed by atoms with Crippen LogP contribution in [-0.2, 0) is 0 Å². The Morgan fingerprint density at radius 3 is 2.55 bits per heavy atom. The third kappa shape index (κ3) is 4.99. The van der Waals surface area contributed by atoms with Crippen LogP contribution in [0.5, 0.6) is 5.75 Å². The van der Waals surface area contributed by atoms with Gasteiger partial charge in [-0.2, -0.15) is 13.2 Å². The van der Waals surface area contributed by atoms with Crippen molar-refractivity contribution in [1.82, 2.24) is 4.90 Å².